The number of nitrogens with zero attached hydrogens (tertiary/aromatic N) is 1. The highest BCUT2D eigenvalue weighted by Gasteiger charge is 2.28. The Balaban J connectivity index is 2.20. The molecule has 2 aromatic rings. The van der Waals surface area contributed by atoms with Crippen LogP contribution in [0.15, 0.2) is 48.5 Å². The number of benzene rings is 2. The molecule has 29 heavy (non-hydrogen) atoms. The molecule has 0 bridgehead atoms. The van der Waals surface area contributed by atoms with Crippen LogP contribution in [-0.4, -0.2) is 43.0 Å². The topological polar surface area (TPSA) is 67.9 Å². The molecular weight excluding hydrogens is 375 g/mol. The molecule has 0 heterocycles. The molecule has 0 aliphatic carbocycles. The molecule has 0 aromatic heterocycles. The fourth-order valence-electron chi connectivity index (χ4n) is 2.92. The van der Waals surface area contributed by atoms with Crippen molar-refractivity contribution in [2.24, 2.45) is 0 Å². The summed E-state index contributed by atoms with van der Waals surface area (Å²) in [6.45, 7) is 3.98. The first-order valence-electron chi connectivity index (χ1n) is 9.57. The minimum absolute atomic E-state index is 0.00342. The number of carbonyl (C=O) groups is 2. The minimum Gasteiger partial charge on any atom is -0.497 e. The van der Waals surface area contributed by atoms with Gasteiger partial charge in [-0.1, -0.05) is 31.2 Å². The number of halogens is 1. The molecule has 2 rings (SSSR count). The highest BCUT2D eigenvalue weighted by Crippen LogP contribution is 2.18. The lowest BCUT2D eigenvalue weighted by Crippen LogP contribution is -2.50. The zero-order valence-corrected chi connectivity index (χ0v) is 17.0. The number of likely N-dealkylation sites (N-methyl/N-ethyl adjacent to an activating group) is 1. The fraction of sp³-hybridized carbons (Fsp3) is 0.364. The van der Waals surface area contributed by atoms with E-state index in [0.717, 1.165) is 5.56 Å². The lowest BCUT2D eigenvalue weighted by atomic mass is 10.1. The zero-order valence-electron chi connectivity index (χ0n) is 17.0. The van der Waals surface area contributed by atoms with E-state index >= 15 is 0 Å². The molecule has 7 heteroatoms. The maximum Gasteiger partial charge on any atom is 0.261 e. The first kappa shape index (κ1) is 22.2. The van der Waals surface area contributed by atoms with Crippen LogP contribution in [-0.2, 0) is 16.1 Å². The standard InChI is InChI=1S/C22H27FN2O4/c1-4-19(22(27)24-5-2)25(14-16-10-12-17(28-3)13-11-16)21(26)15-29-20-9-7-6-8-18(20)23/h6-13,19H,4-5,14-15H2,1-3H3,(H,24,27)/t19-/m0/s1. The average molecular weight is 402 g/mol. The number of para-hydroxylation sites is 1. The first-order chi connectivity index (χ1) is 14.0. The Bertz CT molecular complexity index is 811. The second-order valence-corrected chi connectivity index (χ2v) is 6.41. The maximum atomic E-state index is 13.8. The highest BCUT2D eigenvalue weighted by atomic mass is 19.1. The Kier molecular flexibility index (Phi) is 8.45. The van der Waals surface area contributed by atoms with Crippen molar-refractivity contribution < 1.29 is 23.5 Å². The van der Waals surface area contributed by atoms with Crippen molar-refractivity contribution in [3.05, 3.63) is 59.9 Å². The van der Waals surface area contributed by atoms with Gasteiger partial charge >= 0.3 is 0 Å². The van der Waals surface area contributed by atoms with Crippen LogP contribution in [0.1, 0.15) is 25.8 Å². The second kappa shape index (κ2) is 11.0. The molecule has 0 spiro atoms. The van der Waals surface area contributed by atoms with E-state index in [2.05, 4.69) is 5.32 Å². The van der Waals surface area contributed by atoms with Crippen molar-refractivity contribution in [3.63, 3.8) is 0 Å². The summed E-state index contributed by atoms with van der Waals surface area (Å²) in [6.07, 6.45) is 0.438. The van der Waals surface area contributed by atoms with Gasteiger partial charge in [0.25, 0.3) is 5.91 Å². The van der Waals surface area contributed by atoms with Crippen LogP contribution in [0, 0.1) is 5.82 Å². The number of carbonyl (C=O) groups excluding carboxylic acids is 2. The lowest BCUT2D eigenvalue weighted by molar-refractivity contribution is -0.143. The Morgan fingerprint density at radius 3 is 2.38 bits per heavy atom. The summed E-state index contributed by atoms with van der Waals surface area (Å²) in [5.41, 5.74) is 0.841. The zero-order chi connectivity index (χ0) is 21.2. The minimum atomic E-state index is -0.659. The van der Waals surface area contributed by atoms with Crippen molar-refractivity contribution in [2.75, 3.05) is 20.3 Å². The van der Waals surface area contributed by atoms with E-state index in [0.29, 0.717) is 18.7 Å². The molecule has 2 amide bonds. The molecule has 1 atom stereocenters. The van der Waals surface area contributed by atoms with E-state index in [1.807, 2.05) is 26.0 Å². The van der Waals surface area contributed by atoms with Crippen molar-refractivity contribution in [1.82, 2.24) is 10.2 Å². The summed E-state index contributed by atoms with van der Waals surface area (Å²) < 4.78 is 24.3. The summed E-state index contributed by atoms with van der Waals surface area (Å²) in [4.78, 5) is 26.9. The molecule has 1 N–H and O–H groups in total. The van der Waals surface area contributed by atoms with E-state index < -0.39 is 17.8 Å². The third kappa shape index (κ3) is 6.20. The molecule has 0 saturated heterocycles. The van der Waals surface area contributed by atoms with Gasteiger partial charge in [0.05, 0.1) is 7.11 Å². The Labute approximate surface area is 170 Å². The van der Waals surface area contributed by atoms with Crippen molar-refractivity contribution in [2.45, 2.75) is 32.9 Å². The van der Waals surface area contributed by atoms with Crippen LogP contribution in [0.3, 0.4) is 0 Å². The van der Waals surface area contributed by atoms with E-state index in [1.165, 1.54) is 17.0 Å². The van der Waals surface area contributed by atoms with Gasteiger partial charge in [-0.15, -0.1) is 0 Å². The van der Waals surface area contributed by atoms with E-state index in [-0.39, 0.29) is 24.8 Å². The summed E-state index contributed by atoms with van der Waals surface area (Å²) >= 11 is 0. The molecule has 6 nitrogen and oxygen atoms in total. The van der Waals surface area contributed by atoms with E-state index in [1.54, 1.807) is 31.4 Å². The van der Waals surface area contributed by atoms with Crippen LogP contribution >= 0.6 is 0 Å². The number of ether oxygens (including phenoxy) is 2. The highest BCUT2D eigenvalue weighted by molar-refractivity contribution is 5.88. The van der Waals surface area contributed by atoms with E-state index in [9.17, 15) is 14.0 Å². The predicted octanol–water partition coefficient (Wildman–Crippen LogP) is 3.16. The summed E-state index contributed by atoms with van der Waals surface area (Å²) in [6, 6.07) is 12.5. The predicted molar refractivity (Wildman–Crippen MR) is 108 cm³/mol. The van der Waals surface area contributed by atoms with Gasteiger partial charge in [0.1, 0.15) is 11.8 Å². The second-order valence-electron chi connectivity index (χ2n) is 6.41. The van der Waals surface area contributed by atoms with Crippen molar-refractivity contribution >= 4 is 11.8 Å². The fourth-order valence-corrected chi connectivity index (χ4v) is 2.92. The SMILES string of the molecule is CCNC(=O)[C@H](CC)N(Cc1ccc(OC)cc1)C(=O)COc1ccccc1F. The number of rotatable bonds is 10. The van der Waals surface area contributed by atoms with E-state index in [4.69, 9.17) is 9.47 Å². The number of hydrogen-bond donors (Lipinski definition) is 1. The molecule has 0 fully saturated rings. The number of amides is 2. The molecule has 0 aliphatic rings. The van der Waals surface area contributed by atoms with Gasteiger partial charge < -0.3 is 19.7 Å². The number of methoxy groups -OCH3 is 1. The van der Waals surface area contributed by atoms with Gasteiger partial charge in [-0.3, -0.25) is 9.59 Å². The van der Waals surface area contributed by atoms with Gasteiger partial charge in [0.2, 0.25) is 5.91 Å². The van der Waals surface area contributed by atoms with Crippen molar-refractivity contribution in [3.8, 4) is 11.5 Å². The molecular formula is C22H27FN2O4. The Morgan fingerprint density at radius 1 is 1.10 bits per heavy atom. The Morgan fingerprint density at radius 2 is 1.79 bits per heavy atom. The largest absolute Gasteiger partial charge is 0.497 e. The first-order valence-corrected chi connectivity index (χ1v) is 9.57. The summed E-state index contributed by atoms with van der Waals surface area (Å²) in [7, 11) is 1.58. The molecule has 2 aromatic carbocycles. The van der Waals surface area contributed by atoms with Crippen molar-refractivity contribution in [1.29, 1.82) is 0 Å². The smallest absolute Gasteiger partial charge is 0.261 e. The van der Waals surface area contributed by atoms with Crippen LogP contribution in [0.4, 0.5) is 4.39 Å². The van der Waals surface area contributed by atoms with Crippen LogP contribution < -0.4 is 14.8 Å². The monoisotopic (exact) mass is 402 g/mol. The van der Waals surface area contributed by atoms with Gasteiger partial charge in [0.15, 0.2) is 18.2 Å². The van der Waals surface area contributed by atoms with Gasteiger partial charge in [0, 0.05) is 13.1 Å². The molecule has 0 radical (unpaired) electrons. The Hall–Kier alpha value is -3.09. The number of hydrogen-bond acceptors (Lipinski definition) is 4. The maximum absolute atomic E-state index is 13.8. The molecule has 0 unspecified atom stereocenters. The lowest BCUT2D eigenvalue weighted by Gasteiger charge is -2.30. The van der Waals surface area contributed by atoms with Gasteiger partial charge in [-0.25, -0.2) is 4.39 Å². The molecule has 0 saturated carbocycles. The third-order valence-corrected chi connectivity index (χ3v) is 4.44. The van der Waals surface area contributed by atoms with Crippen LogP contribution in [0.2, 0.25) is 0 Å². The van der Waals surface area contributed by atoms with Crippen LogP contribution in [0.5, 0.6) is 11.5 Å². The summed E-state index contributed by atoms with van der Waals surface area (Å²) in [5, 5.41) is 2.77. The van der Waals surface area contributed by atoms with Crippen LogP contribution in [0.25, 0.3) is 0 Å². The quantitative estimate of drug-likeness (QED) is 0.663. The number of nitrogens with one attached hydrogen (secondary N) is 1. The summed E-state index contributed by atoms with van der Waals surface area (Å²) in [5.74, 6) is -0.482. The molecule has 156 valence electrons. The van der Waals surface area contributed by atoms with Gasteiger partial charge in [-0.05, 0) is 43.2 Å². The van der Waals surface area contributed by atoms with Gasteiger partial charge in [-0.2, -0.15) is 0 Å². The third-order valence-electron chi connectivity index (χ3n) is 4.44. The average Bonchev–Trinajstić information content (AvgIpc) is 2.73. The normalized spacial score (nSPS) is 11.4. The molecule has 0 aliphatic heterocycles.